The van der Waals surface area contributed by atoms with Crippen LogP contribution in [0.1, 0.15) is 33.3 Å². The molecule has 0 amide bonds. The predicted octanol–water partition coefficient (Wildman–Crippen LogP) is 5.02. The minimum absolute atomic E-state index is 0.0638. The van der Waals surface area contributed by atoms with Crippen LogP contribution < -0.4 is 0 Å². The Morgan fingerprint density at radius 3 is 2.12 bits per heavy atom. The third kappa shape index (κ3) is 9.49. The Hall–Kier alpha value is 0.0200. The van der Waals surface area contributed by atoms with E-state index in [-0.39, 0.29) is 24.7 Å². The summed E-state index contributed by atoms with van der Waals surface area (Å²) in [6.45, 7) is 8.27. The summed E-state index contributed by atoms with van der Waals surface area (Å²) in [6, 6.07) is 9.96. The van der Waals surface area contributed by atoms with Gasteiger partial charge in [-0.15, -0.1) is 0 Å². The molecule has 0 aromatic heterocycles. The fraction of sp³-hybridized carbons (Fsp3) is 0.647. The van der Waals surface area contributed by atoms with Crippen molar-refractivity contribution in [1.82, 2.24) is 0 Å². The lowest BCUT2D eigenvalue weighted by Gasteiger charge is -2.24. The average Bonchev–Trinajstić information content (AvgIpc) is 2.50. The zero-order chi connectivity index (χ0) is 18.0. The summed E-state index contributed by atoms with van der Waals surface area (Å²) in [5.41, 5.74) is 1.11. The van der Waals surface area contributed by atoms with Gasteiger partial charge >= 0.3 is 7.60 Å². The van der Waals surface area contributed by atoms with Crippen molar-refractivity contribution in [3.05, 3.63) is 35.9 Å². The number of hydrogen-bond acceptors (Lipinski definition) is 5. The first-order valence-electron chi connectivity index (χ1n) is 8.09. The molecule has 138 valence electrons. The summed E-state index contributed by atoms with van der Waals surface area (Å²) >= 11 is 2.23. The van der Waals surface area contributed by atoms with Gasteiger partial charge in [0.15, 0.2) is 0 Å². The Labute approximate surface area is 159 Å². The number of ether oxygens (including phenoxy) is 2. The van der Waals surface area contributed by atoms with E-state index in [0.717, 1.165) is 9.99 Å². The number of halogens is 1. The van der Waals surface area contributed by atoms with Crippen LogP contribution >= 0.6 is 30.2 Å². The van der Waals surface area contributed by atoms with Gasteiger partial charge in [0.1, 0.15) is 6.35 Å². The molecule has 0 spiro atoms. The first-order valence-corrected chi connectivity index (χ1v) is 11.3. The van der Waals surface area contributed by atoms with Crippen LogP contribution in [-0.4, -0.2) is 35.7 Å². The Bertz CT molecular complexity index is 481. The number of benzene rings is 1. The molecule has 0 aliphatic carbocycles. The van der Waals surface area contributed by atoms with E-state index < -0.39 is 7.60 Å². The van der Waals surface area contributed by atoms with Gasteiger partial charge in [-0.3, -0.25) is 4.57 Å². The quantitative estimate of drug-likeness (QED) is 0.244. The van der Waals surface area contributed by atoms with Crippen LogP contribution in [0.15, 0.2) is 30.3 Å². The molecule has 1 rings (SSSR count). The van der Waals surface area contributed by atoms with E-state index in [1.54, 1.807) is 0 Å². The Morgan fingerprint density at radius 2 is 1.62 bits per heavy atom. The largest absolute Gasteiger partial charge is 0.374 e. The zero-order valence-electron chi connectivity index (χ0n) is 14.8. The van der Waals surface area contributed by atoms with E-state index in [0.29, 0.717) is 13.2 Å². The molecule has 0 N–H and O–H groups in total. The molecule has 0 bridgehead atoms. The molecule has 1 aromatic carbocycles. The number of alkyl halides is 1. The van der Waals surface area contributed by atoms with Crippen molar-refractivity contribution in [3.8, 4) is 0 Å². The molecule has 0 saturated carbocycles. The summed E-state index contributed by atoms with van der Waals surface area (Å²) in [7, 11) is -3.27. The molecule has 0 fully saturated rings. The second-order valence-corrected chi connectivity index (χ2v) is 8.77. The van der Waals surface area contributed by atoms with Crippen LogP contribution in [-0.2, 0) is 29.7 Å². The van der Waals surface area contributed by atoms with Gasteiger partial charge in [0.2, 0.25) is 0 Å². The predicted molar refractivity (Wildman–Crippen MR) is 105 cm³/mol. The van der Waals surface area contributed by atoms with E-state index in [1.165, 1.54) is 0 Å². The standard InChI is InChI=1S/C17H28IO5P/c1-14(2)22-24(19,23-15(3)4)13-21-17(10-18)12-20-11-16-8-6-5-7-9-16/h5-9,14-15,17H,10-13H2,1-4H3. The van der Waals surface area contributed by atoms with Gasteiger partial charge in [0.05, 0.1) is 31.5 Å². The third-order valence-corrected chi connectivity index (χ3v) is 5.73. The van der Waals surface area contributed by atoms with Crippen molar-refractivity contribution in [1.29, 1.82) is 0 Å². The van der Waals surface area contributed by atoms with E-state index in [4.69, 9.17) is 18.5 Å². The lowest BCUT2D eigenvalue weighted by atomic mass is 10.2. The molecule has 1 aromatic rings. The van der Waals surface area contributed by atoms with Crippen molar-refractivity contribution in [2.45, 2.75) is 52.6 Å². The molecular weight excluding hydrogens is 442 g/mol. The average molecular weight is 470 g/mol. The Kier molecular flexibility index (Phi) is 10.7. The Morgan fingerprint density at radius 1 is 1.04 bits per heavy atom. The highest BCUT2D eigenvalue weighted by Crippen LogP contribution is 2.50. The van der Waals surface area contributed by atoms with Crippen LogP contribution in [0.3, 0.4) is 0 Å². The summed E-state index contributed by atoms with van der Waals surface area (Å²) in [5, 5.41) is 0. The lowest BCUT2D eigenvalue weighted by molar-refractivity contribution is -0.00166. The molecular formula is C17H28IO5P. The highest BCUT2D eigenvalue weighted by Gasteiger charge is 2.29. The minimum atomic E-state index is -3.27. The van der Waals surface area contributed by atoms with Gasteiger partial charge in [-0.2, -0.15) is 0 Å². The topological polar surface area (TPSA) is 54.0 Å². The summed E-state index contributed by atoms with van der Waals surface area (Å²) < 4.78 is 35.9. The third-order valence-electron chi connectivity index (χ3n) is 2.80. The van der Waals surface area contributed by atoms with E-state index in [2.05, 4.69) is 22.6 Å². The number of rotatable bonds is 12. The second kappa shape index (κ2) is 11.6. The maximum Gasteiger partial charge on any atom is 0.356 e. The van der Waals surface area contributed by atoms with E-state index >= 15 is 0 Å². The van der Waals surface area contributed by atoms with Gasteiger partial charge in [-0.25, -0.2) is 0 Å². The Balaban J connectivity index is 2.45. The van der Waals surface area contributed by atoms with E-state index in [1.807, 2.05) is 58.0 Å². The van der Waals surface area contributed by atoms with Crippen molar-refractivity contribution in [2.24, 2.45) is 0 Å². The normalized spacial score (nSPS) is 13.6. The van der Waals surface area contributed by atoms with Gasteiger partial charge in [-0.1, -0.05) is 52.9 Å². The highest BCUT2D eigenvalue weighted by molar-refractivity contribution is 14.1. The molecule has 7 heteroatoms. The molecule has 1 atom stereocenters. The molecule has 0 saturated heterocycles. The fourth-order valence-corrected chi connectivity index (χ4v) is 4.30. The van der Waals surface area contributed by atoms with Gasteiger partial charge < -0.3 is 18.5 Å². The zero-order valence-corrected chi connectivity index (χ0v) is 17.9. The molecule has 24 heavy (non-hydrogen) atoms. The maximum atomic E-state index is 12.7. The van der Waals surface area contributed by atoms with Crippen molar-refractivity contribution < 1.29 is 23.1 Å². The van der Waals surface area contributed by atoms with Crippen LogP contribution in [0.25, 0.3) is 0 Å². The summed E-state index contributed by atoms with van der Waals surface area (Å²) in [4.78, 5) is 0. The van der Waals surface area contributed by atoms with Gasteiger partial charge in [-0.05, 0) is 33.3 Å². The molecule has 0 aliphatic heterocycles. The SMILES string of the molecule is CC(C)OP(=O)(COC(CI)COCc1ccccc1)OC(C)C. The van der Waals surface area contributed by atoms with Crippen molar-refractivity contribution in [3.63, 3.8) is 0 Å². The van der Waals surface area contributed by atoms with Crippen LogP contribution in [0.4, 0.5) is 0 Å². The summed E-state index contributed by atoms with van der Waals surface area (Å²) in [6.07, 6.45) is -0.601. The number of hydrogen-bond donors (Lipinski definition) is 0. The molecule has 5 nitrogen and oxygen atoms in total. The monoisotopic (exact) mass is 470 g/mol. The first-order chi connectivity index (χ1) is 11.3. The smallest absolute Gasteiger partial charge is 0.356 e. The second-order valence-electron chi connectivity index (χ2n) is 5.99. The van der Waals surface area contributed by atoms with Crippen molar-refractivity contribution in [2.75, 3.05) is 17.4 Å². The molecule has 1 unspecified atom stereocenters. The minimum Gasteiger partial charge on any atom is -0.374 e. The molecule has 0 radical (unpaired) electrons. The van der Waals surface area contributed by atoms with Crippen LogP contribution in [0, 0.1) is 0 Å². The van der Waals surface area contributed by atoms with Crippen LogP contribution in [0.5, 0.6) is 0 Å². The molecule has 0 heterocycles. The fourth-order valence-electron chi connectivity index (χ4n) is 1.94. The maximum absolute atomic E-state index is 12.7. The molecule has 0 aliphatic rings. The summed E-state index contributed by atoms with van der Waals surface area (Å²) in [5.74, 6) is 0. The highest BCUT2D eigenvalue weighted by atomic mass is 127. The van der Waals surface area contributed by atoms with E-state index in [9.17, 15) is 4.57 Å². The van der Waals surface area contributed by atoms with Crippen molar-refractivity contribution >= 4 is 30.2 Å². The van der Waals surface area contributed by atoms with Crippen LogP contribution in [0.2, 0.25) is 0 Å². The van der Waals surface area contributed by atoms with Gasteiger partial charge in [0, 0.05) is 4.43 Å². The van der Waals surface area contributed by atoms with Gasteiger partial charge in [0.25, 0.3) is 0 Å². The first kappa shape index (κ1) is 22.1. The lowest BCUT2D eigenvalue weighted by Crippen LogP contribution is -2.23.